The predicted octanol–water partition coefficient (Wildman–Crippen LogP) is 3.09. The molecule has 0 aliphatic carbocycles. The molecule has 0 bridgehead atoms. The summed E-state index contributed by atoms with van der Waals surface area (Å²) in [5.41, 5.74) is 7.16. The molecule has 1 rings (SSSR count). The van der Waals surface area contributed by atoms with Gasteiger partial charge in [-0.25, -0.2) is 0 Å². The average Bonchev–Trinajstić information content (AvgIpc) is 2.28. The number of hydrogen-bond donors (Lipinski definition) is 2. The summed E-state index contributed by atoms with van der Waals surface area (Å²) < 4.78 is 0. The highest BCUT2D eigenvalue weighted by Gasteiger charge is 2.38. The first kappa shape index (κ1) is 15.2. The summed E-state index contributed by atoms with van der Waals surface area (Å²) in [6.45, 7) is 10.7. The van der Waals surface area contributed by atoms with E-state index >= 15 is 0 Å². The summed E-state index contributed by atoms with van der Waals surface area (Å²) >= 11 is 0. The Morgan fingerprint density at radius 2 is 1.61 bits per heavy atom. The summed E-state index contributed by atoms with van der Waals surface area (Å²) in [5.74, 6) is 0.537. The van der Waals surface area contributed by atoms with E-state index in [1.807, 2.05) is 20.8 Å². The van der Waals surface area contributed by atoms with Gasteiger partial charge in [0.1, 0.15) is 0 Å². The Hall–Kier alpha value is -0.860. The fourth-order valence-electron chi connectivity index (χ4n) is 2.00. The molecule has 0 spiro atoms. The van der Waals surface area contributed by atoms with Crippen LogP contribution < -0.4 is 5.73 Å². The van der Waals surface area contributed by atoms with Crippen LogP contribution in [0.4, 0.5) is 0 Å². The minimum absolute atomic E-state index is 0.224. The summed E-state index contributed by atoms with van der Waals surface area (Å²) in [6.07, 6.45) is 0.603. The second kappa shape index (κ2) is 5.41. The Morgan fingerprint density at radius 3 is 1.94 bits per heavy atom. The van der Waals surface area contributed by atoms with Crippen LogP contribution in [0, 0.1) is 5.41 Å². The minimum atomic E-state index is -0.855. The van der Waals surface area contributed by atoms with Crippen LogP contribution in [0.1, 0.15) is 51.7 Å². The van der Waals surface area contributed by atoms with Crippen LogP contribution >= 0.6 is 0 Å². The molecule has 1 aromatic rings. The van der Waals surface area contributed by atoms with Gasteiger partial charge in [-0.2, -0.15) is 0 Å². The van der Waals surface area contributed by atoms with Gasteiger partial charge in [-0.1, -0.05) is 58.9 Å². The molecule has 0 radical (unpaired) electrons. The largest absolute Gasteiger partial charge is 0.388 e. The lowest BCUT2D eigenvalue weighted by Gasteiger charge is -2.39. The van der Waals surface area contributed by atoms with Gasteiger partial charge in [0, 0.05) is 13.0 Å². The second-order valence-corrected chi connectivity index (χ2v) is 6.56. The van der Waals surface area contributed by atoms with E-state index in [1.165, 1.54) is 5.56 Å². The molecule has 102 valence electrons. The molecule has 18 heavy (non-hydrogen) atoms. The molecule has 1 unspecified atom stereocenters. The van der Waals surface area contributed by atoms with E-state index in [1.54, 1.807) is 0 Å². The van der Waals surface area contributed by atoms with E-state index in [0.29, 0.717) is 12.3 Å². The van der Waals surface area contributed by atoms with E-state index in [-0.39, 0.29) is 12.0 Å². The monoisotopic (exact) mass is 249 g/mol. The molecule has 2 nitrogen and oxygen atoms in total. The Balaban J connectivity index is 2.90. The van der Waals surface area contributed by atoms with Crippen molar-refractivity contribution in [2.24, 2.45) is 11.1 Å². The first-order valence-corrected chi connectivity index (χ1v) is 6.71. The maximum Gasteiger partial charge on any atom is 0.0857 e. The predicted molar refractivity (Wildman–Crippen MR) is 77.7 cm³/mol. The average molecular weight is 249 g/mol. The fraction of sp³-hybridized carbons (Fsp3) is 0.625. The number of nitrogens with two attached hydrogens (primary N) is 1. The zero-order valence-corrected chi connectivity index (χ0v) is 12.3. The molecule has 0 saturated heterocycles. The van der Waals surface area contributed by atoms with Crippen LogP contribution in [0.15, 0.2) is 24.3 Å². The van der Waals surface area contributed by atoms with Crippen LogP contribution in [0.25, 0.3) is 0 Å². The zero-order chi connectivity index (χ0) is 14.0. The highest BCUT2D eigenvalue weighted by molar-refractivity contribution is 5.26. The van der Waals surface area contributed by atoms with Crippen molar-refractivity contribution in [1.82, 2.24) is 0 Å². The Kier molecular flexibility index (Phi) is 4.57. The molecule has 3 N–H and O–H groups in total. The van der Waals surface area contributed by atoms with Gasteiger partial charge in [0.25, 0.3) is 0 Å². The van der Waals surface area contributed by atoms with E-state index in [0.717, 1.165) is 5.56 Å². The van der Waals surface area contributed by atoms with E-state index < -0.39 is 5.60 Å². The molecule has 0 aromatic heterocycles. The van der Waals surface area contributed by atoms with Gasteiger partial charge in [0.2, 0.25) is 0 Å². The maximum atomic E-state index is 10.7. The number of hydrogen-bond acceptors (Lipinski definition) is 2. The summed E-state index contributed by atoms with van der Waals surface area (Å²) in [6, 6.07) is 8.47. The van der Waals surface area contributed by atoms with Crippen LogP contribution in [0.5, 0.6) is 0 Å². The van der Waals surface area contributed by atoms with Gasteiger partial charge in [-0.15, -0.1) is 0 Å². The van der Waals surface area contributed by atoms with Crippen LogP contribution in [0.3, 0.4) is 0 Å². The third kappa shape index (κ3) is 3.33. The lowest BCUT2D eigenvalue weighted by Crippen LogP contribution is -2.50. The van der Waals surface area contributed by atoms with E-state index in [9.17, 15) is 5.11 Å². The lowest BCUT2D eigenvalue weighted by molar-refractivity contribution is -0.0490. The van der Waals surface area contributed by atoms with Crippen molar-refractivity contribution in [2.75, 3.05) is 6.54 Å². The highest BCUT2D eigenvalue weighted by Crippen LogP contribution is 2.32. The van der Waals surface area contributed by atoms with Crippen molar-refractivity contribution < 1.29 is 5.11 Å². The summed E-state index contributed by atoms with van der Waals surface area (Å²) in [7, 11) is 0. The van der Waals surface area contributed by atoms with E-state index in [2.05, 4.69) is 38.1 Å². The second-order valence-electron chi connectivity index (χ2n) is 6.56. The summed E-state index contributed by atoms with van der Waals surface area (Å²) in [4.78, 5) is 0. The third-order valence-corrected chi connectivity index (χ3v) is 3.88. The molecule has 0 amide bonds. The molecule has 0 heterocycles. The maximum absolute atomic E-state index is 10.7. The van der Waals surface area contributed by atoms with Gasteiger partial charge < -0.3 is 10.8 Å². The molecule has 1 aromatic carbocycles. The topological polar surface area (TPSA) is 46.2 Å². The van der Waals surface area contributed by atoms with Gasteiger partial charge in [-0.05, 0) is 22.5 Å². The number of aliphatic hydroxyl groups is 1. The molecule has 1 atom stereocenters. The molecule has 0 aliphatic heterocycles. The number of rotatable bonds is 4. The standard InChI is InChI=1S/C16H27NO/c1-12(2)14-8-6-13(7-9-14)10-16(18,11-17)15(3,4)5/h6-9,12,18H,10-11,17H2,1-5H3. The van der Waals surface area contributed by atoms with Gasteiger partial charge in [-0.3, -0.25) is 0 Å². The van der Waals surface area contributed by atoms with E-state index in [4.69, 9.17) is 5.73 Å². The Morgan fingerprint density at radius 1 is 1.11 bits per heavy atom. The molecule has 2 heteroatoms. The first-order valence-electron chi connectivity index (χ1n) is 6.71. The molecule has 0 aliphatic rings. The van der Waals surface area contributed by atoms with Crippen LogP contribution in [-0.4, -0.2) is 17.3 Å². The highest BCUT2D eigenvalue weighted by atomic mass is 16.3. The van der Waals surface area contributed by atoms with Crippen molar-refractivity contribution in [2.45, 2.75) is 52.6 Å². The fourth-order valence-corrected chi connectivity index (χ4v) is 2.00. The molecule has 0 fully saturated rings. The molecular formula is C16H27NO. The molecule has 0 saturated carbocycles. The number of benzene rings is 1. The Bertz CT molecular complexity index is 375. The quantitative estimate of drug-likeness (QED) is 0.861. The van der Waals surface area contributed by atoms with Gasteiger partial charge >= 0.3 is 0 Å². The lowest BCUT2D eigenvalue weighted by atomic mass is 9.73. The van der Waals surface area contributed by atoms with Crippen LogP contribution in [-0.2, 0) is 6.42 Å². The molecular weight excluding hydrogens is 222 g/mol. The van der Waals surface area contributed by atoms with Crippen molar-refractivity contribution in [1.29, 1.82) is 0 Å². The summed E-state index contributed by atoms with van der Waals surface area (Å²) in [5, 5.41) is 10.7. The first-order chi connectivity index (χ1) is 8.19. The van der Waals surface area contributed by atoms with Crippen molar-refractivity contribution in [3.8, 4) is 0 Å². The third-order valence-electron chi connectivity index (χ3n) is 3.88. The van der Waals surface area contributed by atoms with Crippen molar-refractivity contribution in [3.05, 3.63) is 35.4 Å². The Labute approximate surface area is 111 Å². The zero-order valence-electron chi connectivity index (χ0n) is 12.3. The SMILES string of the molecule is CC(C)c1ccc(CC(O)(CN)C(C)(C)C)cc1. The van der Waals surface area contributed by atoms with Gasteiger partial charge in [0.15, 0.2) is 0 Å². The normalized spacial score (nSPS) is 15.8. The van der Waals surface area contributed by atoms with Crippen molar-refractivity contribution >= 4 is 0 Å². The smallest absolute Gasteiger partial charge is 0.0857 e. The van der Waals surface area contributed by atoms with Crippen molar-refractivity contribution in [3.63, 3.8) is 0 Å². The minimum Gasteiger partial charge on any atom is -0.388 e. The van der Waals surface area contributed by atoms with Gasteiger partial charge in [0.05, 0.1) is 5.60 Å². The van der Waals surface area contributed by atoms with Crippen LogP contribution in [0.2, 0.25) is 0 Å².